The van der Waals surface area contributed by atoms with Crippen LogP contribution in [0.4, 0.5) is 0 Å². The van der Waals surface area contributed by atoms with Crippen molar-refractivity contribution >= 4 is 29.9 Å². The van der Waals surface area contributed by atoms with Gasteiger partial charge in [0.05, 0.1) is 14.2 Å². The second-order valence-electron chi connectivity index (χ2n) is 7.96. The van der Waals surface area contributed by atoms with Crippen molar-refractivity contribution in [1.29, 1.82) is 0 Å². The molecule has 2 fully saturated rings. The average Bonchev–Trinajstić information content (AvgIpc) is 3.45. The average molecular weight is 500 g/mol. The van der Waals surface area contributed by atoms with Gasteiger partial charge in [-0.25, -0.2) is 0 Å². The van der Waals surface area contributed by atoms with Gasteiger partial charge in [-0.3, -0.25) is 4.99 Å². The van der Waals surface area contributed by atoms with E-state index in [4.69, 9.17) is 9.47 Å². The minimum absolute atomic E-state index is 0. The minimum Gasteiger partial charge on any atom is -0.493 e. The number of likely N-dealkylation sites (tertiary alicyclic amines) is 1. The van der Waals surface area contributed by atoms with Crippen LogP contribution in [-0.4, -0.2) is 69.2 Å². The molecule has 1 aromatic rings. The highest BCUT2D eigenvalue weighted by Gasteiger charge is 2.34. The number of fused-ring (bicyclic) bond motifs is 1. The summed E-state index contributed by atoms with van der Waals surface area (Å²) in [4.78, 5) is 9.57. The van der Waals surface area contributed by atoms with E-state index in [-0.39, 0.29) is 24.0 Å². The third-order valence-corrected chi connectivity index (χ3v) is 6.16. The first kappa shape index (κ1) is 21.5. The molecule has 1 saturated heterocycles. The first-order chi connectivity index (χ1) is 13.2. The number of halogens is 1. The van der Waals surface area contributed by atoms with Gasteiger partial charge in [-0.05, 0) is 61.4 Å². The second kappa shape index (κ2) is 9.52. The van der Waals surface area contributed by atoms with Crippen molar-refractivity contribution in [3.05, 3.63) is 23.3 Å². The molecule has 0 radical (unpaired) electrons. The number of hydrogen-bond acceptors (Lipinski definition) is 4. The lowest BCUT2D eigenvalue weighted by atomic mass is 9.99. The Morgan fingerprint density at radius 3 is 2.46 bits per heavy atom. The summed E-state index contributed by atoms with van der Waals surface area (Å²) in [5.41, 5.74) is 2.64. The van der Waals surface area contributed by atoms with Crippen LogP contribution in [0.15, 0.2) is 17.1 Å². The zero-order valence-corrected chi connectivity index (χ0v) is 19.6. The number of rotatable bonds is 5. The molecule has 1 aliphatic carbocycles. The van der Waals surface area contributed by atoms with Crippen molar-refractivity contribution < 1.29 is 9.47 Å². The molecule has 2 aliphatic heterocycles. The molecule has 0 aromatic heterocycles. The van der Waals surface area contributed by atoms with Crippen LogP contribution in [0, 0.1) is 5.92 Å². The maximum Gasteiger partial charge on any atom is 0.193 e. The number of nitrogens with one attached hydrogen (secondary N) is 1. The van der Waals surface area contributed by atoms with Crippen LogP contribution in [0.2, 0.25) is 0 Å². The molecule has 1 atom stereocenters. The lowest BCUT2D eigenvalue weighted by Gasteiger charge is -2.32. The number of benzene rings is 1. The molecule has 1 saturated carbocycles. The monoisotopic (exact) mass is 500 g/mol. The first-order valence-corrected chi connectivity index (χ1v) is 10.1. The normalized spacial score (nSPS) is 22.5. The Bertz CT molecular complexity index is 708. The summed E-state index contributed by atoms with van der Waals surface area (Å²) in [5.74, 6) is 3.37. The Morgan fingerprint density at radius 2 is 1.82 bits per heavy atom. The molecular weight excluding hydrogens is 467 g/mol. The van der Waals surface area contributed by atoms with Crippen LogP contribution < -0.4 is 14.8 Å². The van der Waals surface area contributed by atoms with Crippen molar-refractivity contribution in [2.75, 3.05) is 47.4 Å². The topological polar surface area (TPSA) is 49.3 Å². The van der Waals surface area contributed by atoms with Gasteiger partial charge >= 0.3 is 0 Å². The van der Waals surface area contributed by atoms with E-state index >= 15 is 0 Å². The molecule has 0 bridgehead atoms. The van der Waals surface area contributed by atoms with Gasteiger partial charge in [-0.2, -0.15) is 0 Å². The van der Waals surface area contributed by atoms with Gasteiger partial charge in [-0.15, -0.1) is 24.0 Å². The summed E-state index contributed by atoms with van der Waals surface area (Å²) in [6, 6.07) is 5.12. The van der Waals surface area contributed by atoms with Crippen LogP contribution >= 0.6 is 24.0 Å². The predicted molar refractivity (Wildman–Crippen MR) is 123 cm³/mol. The fourth-order valence-electron chi connectivity index (χ4n) is 4.43. The van der Waals surface area contributed by atoms with Crippen LogP contribution in [0.5, 0.6) is 11.5 Å². The van der Waals surface area contributed by atoms with Crippen LogP contribution in [0.25, 0.3) is 0 Å². The maximum atomic E-state index is 5.48. The van der Waals surface area contributed by atoms with Gasteiger partial charge in [0, 0.05) is 39.3 Å². The Kier molecular flexibility index (Phi) is 7.31. The number of ether oxygens (including phenoxy) is 2. The van der Waals surface area contributed by atoms with E-state index in [1.165, 1.54) is 43.5 Å². The zero-order chi connectivity index (χ0) is 18.8. The number of guanidine groups is 1. The molecule has 0 amide bonds. The Hall–Kier alpha value is -1.22. The van der Waals surface area contributed by atoms with Crippen LogP contribution in [0.3, 0.4) is 0 Å². The summed E-state index contributed by atoms with van der Waals surface area (Å²) >= 11 is 0. The molecule has 2 heterocycles. The highest BCUT2D eigenvalue weighted by molar-refractivity contribution is 14.0. The molecule has 3 aliphatic rings. The summed E-state index contributed by atoms with van der Waals surface area (Å²) < 4.78 is 10.9. The van der Waals surface area contributed by atoms with E-state index in [0.717, 1.165) is 55.5 Å². The number of methoxy groups -OCH3 is 2. The third kappa shape index (κ3) is 4.67. The summed E-state index contributed by atoms with van der Waals surface area (Å²) in [6.45, 7) is 5.36. The molecule has 1 aromatic carbocycles. The fraction of sp³-hybridized carbons (Fsp3) is 0.667. The van der Waals surface area contributed by atoms with Gasteiger partial charge in [0.25, 0.3) is 0 Å². The molecule has 6 nitrogen and oxygen atoms in total. The van der Waals surface area contributed by atoms with Crippen molar-refractivity contribution in [3.63, 3.8) is 0 Å². The van der Waals surface area contributed by atoms with E-state index in [0.29, 0.717) is 0 Å². The van der Waals surface area contributed by atoms with Crippen molar-refractivity contribution in [2.45, 2.75) is 38.3 Å². The van der Waals surface area contributed by atoms with Gasteiger partial charge in [0.1, 0.15) is 0 Å². The molecule has 4 rings (SSSR count). The third-order valence-electron chi connectivity index (χ3n) is 6.16. The van der Waals surface area contributed by atoms with Gasteiger partial charge < -0.3 is 24.6 Å². The van der Waals surface area contributed by atoms with E-state index in [9.17, 15) is 0 Å². The van der Waals surface area contributed by atoms with E-state index in [2.05, 4.69) is 32.2 Å². The van der Waals surface area contributed by atoms with Crippen LogP contribution in [0.1, 0.15) is 30.4 Å². The van der Waals surface area contributed by atoms with Gasteiger partial charge in [-0.1, -0.05) is 0 Å². The standard InChI is InChI=1S/C21H32N4O2.HI/c1-22-21(23-12-15-6-8-24(13-15)18-4-5-18)25-9-7-16-10-19(26-2)20(27-3)11-17(16)14-25;/h10-11,15,18H,4-9,12-14H2,1-3H3,(H,22,23);1H. The summed E-state index contributed by atoms with van der Waals surface area (Å²) in [5, 5.41) is 3.64. The molecule has 1 N–H and O–H groups in total. The minimum atomic E-state index is 0. The quantitative estimate of drug-likeness (QED) is 0.383. The molecule has 1 unspecified atom stereocenters. The second-order valence-corrected chi connectivity index (χ2v) is 7.96. The van der Waals surface area contributed by atoms with Crippen LogP contribution in [-0.2, 0) is 13.0 Å². The zero-order valence-electron chi connectivity index (χ0n) is 17.2. The molecule has 156 valence electrons. The largest absolute Gasteiger partial charge is 0.493 e. The lowest BCUT2D eigenvalue weighted by Crippen LogP contribution is -2.45. The Morgan fingerprint density at radius 1 is 1.11 bits per heavy atom. The van der Waals surface area contributed by atoms with Gasteiger partial charge in [0.2, 0.25) is 0 Å². The molecular formula is C21H33IN4O2. The predicted octanol–water partition coefficient (Wildman–Crippen LogP) is 2.74. The summed E-state index contributed by atoms with van der Waals surface area (Å²) in [7, 11) is 5.27. The number of hydrogen-bond donors (Lipinski definition) is 1. The van der Waals surface area contributed by atoms with Crippen molar-refractivity contribution in [3.8, 4) is 11.5 Å². The lowest BCUT2D eigenvalue weighted by molar-refractivity contribution is 0.312. The summed E-state index contributed by atoms with van der Waals surface area (Å²) in [6.07, 6.45) is 5.11. The van der Waals surface area contributed by atoms with Crippen molar-refractivity contribution in [1.82, 2.24) is 15.1 Å². The van der Waals surface area contributed by atoms with E-state index < -0.39 is 0 Å². The SMILES string of the molecule is CN=C(NCC1CCN(C2CC2)C1)N1CCc2cc(OC)c(OC)cc2C1.I. The fourth-order valence-corrected chi connectivity index (χ4v) is 4.43. The smallest absolute Gasteiger partial charge is 0.193 e. The van der Waals surface area contributed by atoms with Gasteiger partial charge in [0.15, 0.2) is 17.5 Å². The number of nitrogens with zero attached hydrogens (tertiary/aromatic N) is 3. The molecule has 0 spiro atoms. The highest BCUT2D eigenvalue weighted by Crippen LogP contribution is 2.33. The van der Waals surface area contributed by atoms with Crippen molar-refractivity contribution in [2.24, 2.45) is 10.9 Å². The first-order valence-electron chi connectivity index (χ1n) is 10.1. The Balaban J connectivity index is 0.00000225. The molecule has 28 heavy (non-hydrogen) atoms. The van der Waals surface area contributed by atoms with E-state index in [1.807, 2.05) is 7.05 Å². The molecule has 7 heteroatoms. The highest BCUT2D eigenvalue weighted by atomic mass is 127. The Labute approximate surface area is 185 Å². The maximum absolute atomic E-state index is 5.48. The van der Waals surface area contributed by atoms with E-state index in [1.54, 1.807) is 14.2 Å². The number of aliphatic imine (C=N–C) groups is 1.